The van der Waals surface area contributed by atoms with Crippen LogP contribution in [0.4, 0.5) is 17.5 Å². The highest BCUT2D eigenvalue weighted by molar-refractivity contribution is 5.63. The van der Waals surface area contributed by atoms with E-state index in [2.05, 4.69) is 34.4 Å². The number of benzene rings is 1. The van der Waals surface area contributed by atoms with Crippen molar-refractivity contribution >= 4 is 17.5 Å². The Morgan fingerprint density at radius 1 is 1.05 bits per heavy atom. The first-order chi connectivity index (χ1) is 10.4. The summed E-state index contributed by atoms with van der Waals surface area (Å²) in [5.41, 5.74) is 1.76. The van der Waals surface area contributed by atoms with Gasteiger partial charge in [0, 0.05) is 17.8 Å². The molecule has 22 heavy (non-hydrogen) atoms. The molecule has 0 fully saturated rings. The monoisotopic (exact) mass is 300 g/mol. The second-order valence-electron chi connectivity index (χ2n) is 5.80. The Labute approximate surface area is 132 Å². The Morgan fingerprint density at radius 3 is 2.45 bits per heavy atom. The molecule has 5 heteroatoms. The van der Waals surface area contributed by atoms with Crippen molar-refractivity contribution < 1.29 is 4.74 Å². The molecular formula is C17H24N4O. The molecule has 118 valence electrons. The first-order valence-electron chi connectivity index (χ1n) is 7.59. The first kappa shape index (κ1) is 16.1. The Kier molecular flexibility index (Phi) is 5.20. The van der Waals surface area contributed by atoms with Crippen molar-refractivity contribution in [2.75, 3.05) is 10.6 Å². The number of rotatable bonds is 6. The largest absolute Gasteiger partial charge is 0.489 e. The van der Waals surface area contributed by atoms with Gasteiger partial charge in [0.05, 0.1) is 11.8 Å². The molecule has 2 aromatic rings. The predicted molar refractivity (Wildman–Crippen MR) is 91.0 cm³/mol. The van der Waals surface area contributed by atoms with Crippen LogP contribution in [0.3, 0.4) is 0 Å². The van der Waals surface area contributed by atoms with Crippen LogP contribution in [0.2, 0.25) is 0 Å². The molecule has 0 saturated carbocycles. The van der Waals surface area contributed by atoms with Crippen molar-refractivity contribution in [3.63, 3.8) is 0 Å². The van der Waals surface area contributed by atoms with E-state index < -0.39 is 0 Å². The fraction of sp³-hybridized carbons (Fsp3) is 0.412. The molecule has 0 aliphatic heterocycles. The lowest BCUT2D eigenvalue weighted by molar-refractivity contribution is 0.244. The molecule has 0 radical (unpaired) electrons. The highest BCUT2D eigenvalue weighted by Gasteiger charge is 2.08. The van der Waals surface area contributed by atoms with Gasteiger partial charge < -0.3 is 15.4 Å². The number of ether oxygens (including phenoxy) is 1. The van der Waals surface area contributed by atoms with Crippen molar-refractivity contribution in [2.45, 2.75) is 46.8 Å². The minimum atomic E-state index is 0.111. The zero-order valence-corrected chi connectivity index (χ0v) is 13.8. The third kappa shape index (κ3) is 4.62. The van der Waals surface area contributed by atoms with Gasteiger partial charge in [-0.05, 0) is 46.8 Å². The molecular weight excluding hydrogens is 276 g/mol. The van der Waals surface area contributed by atoms with E-state index in [1.165, 1.54) is 0 Å². The second kappa shape index (κ2) is 7.11. The van der Waals surface area contributed by atoms with Gasteiger partial charge in [-0.2, -0.15) is 4.98 Å². The number of hydrogen-bond donors (Lipinski definition) is 2. The lowest BCUT2D eigenvalue weighted by Gasteiger charge is -2.16. The number of anilines is 3. The summed E-state index contributed by atoms with van der Waals surface area (Å²) in [7, 11) is 0. The minimum absolute atomic E-state index is 0.111. The lowest BCUT2D eigenvalue weighted by Crippen LogP contribution is -2.13. The summed E-state index contributed by atoms with van der Waals surface area (Å²) >= 11 is 0. The highest BCUT2D eigenvalue weighted by atomic mass is 16.5. The van der Waals surface area contributed by atoms with Gasteiger partial charge in [0.25, 0.3) is 0 Å². The first-order valence-corrected chi connectivity index (χ1v) is 7.59. The van der Waals surface area contributed by atoms with E-state index >= 15 is 0 Å². The topological polar surface area (TPSA) is 59.1 Å². The third-order valence-electron chi connectivity index (χ3n) is 2.79. The number of hydrogen-bond acceptors (Lipinski definition) is 5. The van der Waals surface area contributed by atoms with Gasteiger partial charge >= 0.3 is 0 Å². The SMILES string of the molecule is Cc1cc(NC(C)C)nc(Nc2ccccc2OC(C)C)n1. The van der Waals surface area contributed by atoms with Gasteiger partial charge in [0.1, 0.15) is 11.6 Å². The molecule has 0 atom stereocenters. The van der Waals surface area contributed by atoms with E-state index in [9.17, 15) is 0 Å². The van der Waals surface area contributed by atoms with Crippen LogP contribution in [0.25, 0.3) is 0 Å². The van der Waals surface area contributed by atoms with Crippen molar-refractivity contribution in [3.05, 3.63) is 36.0 Å². The fourth-order valence-corrected chi connectivity index (χ4v) is 2.04. The Balaban J connectivity index is 2.25. The van der Waals surface area contributed by atoms with Crippen LogP contribution >= 0.6 is 0 Å². The quantitative estimate of drug-likeness (QED) is 0.839. The maximum atomic E-state index is 5.81. The van der Waals surface area contributed by atoms with E-state index in [0.29, 0.717) is 12.0 Å². The van der Waals surface area contributed by atoms with E-state index in [1.54, 1.807) is 0 Å². The van der Waals surface area contributed by atoms with Gasteiger partial charge in [0.2, 0.25) is 5.95 Å². The summed E-state index contributed by atoms with van der Waals surface area (Å²) in [5.74, 6) is 2.16. The van der Waals surface area contributed by atoms with E-state index in [4.69, 9.17) is 4.74 Å². The summed E-state index contributed by atoms with van der Waals surface area (Å²) in [5, 5.41) is 6.54. The Morgan fingerprint density at radius 2 is 1.77 bits per heavy atom. The summed E-state index contributed by atoms with van der Waals surface area (Å²) in [6.45, 7) is 10.1. The van der Waals surface area contributed by atoms with Gasteiger partial charge in [-0.15, -0.1) is 0 Å². The van der Waals surface area contributed by atoms with Crippen LogP contribution in [-0.2, 0) is 0 Å². The van der Waals surface area contributed by atoms with Crippen molar-refractivity contribution in [1.29, 1.82) is 0 Å². The highest BCUT2D eigenvalue weighted by Crippen LogP contribution is 2.27. The molecule has 1 aromatic carbocycles. The average molecular weight is 300 g/mol. The standard InChI is InChI=1S/C17H24N4O/c1-11(2)18-16-10-13(5)19-17(21-16)20-14-8-6-7-9-15(14)22-12(3)4/h6-12H,1-5H3,(H2,18,19,20,21). The molecule has 1 heterocycles. The van der Waals surface area contributed by atoms with Crippen LogP contribution < -0.4 is 15.4 Å². The molecule has 0 aliphatic carbocycles. The zero-order chi connectivity index (χ0) is 16.1. The van der Waals surface area contributed by atoms with Gasteiger partial charge in [-0.25, -0.2) is 4.98 Å². The normalized spacial score (nSPS) is 10.9. The molecule has 0 bridgehead atoms. The summed E-state index contributed by atoms with van der Waals surface area (Å²) < 4.78 is 5.81. The molecule has 0 saturated heterocycles. The maximum Gasteiger partial charge on any atom is 0.229 e. The van der Waals surface area contributed by atoms with Crippen LogP contribution in [0.5, 0.6) is 5.75 Å². The summed E-state index contributed by atoms with van der Waals surface area (Å²) in [6, 6.07) is 10.1. The number of aromatic nitrogens is 2. The number of aryl methyl sites for hydroxylation is 1. The van der Waals surface area contributed by atoms with Gasteiger partial charge in [-0.1, -0.05) is 12.1 Å². The zero-order valence-electron chi connectivity index (χ0n) is 13.8. The molecule has 2 rings (SSSR count). The molecule has 0 unspecified atom stereocenters. The van der Waals surface area contributed by atoms with Crippen molar-refractivity contribution in [2.24, 2.45) is 0 Å². The molecule has 5 nitrogen and oxygen atoms in total. The van der Waals surface area contributed by atoms with Gasteiger partial charge in [-0.3, -0.25) is 0 Å². The summed E-state index contributed by atoms with van der Waals surface area (Å²) in [4.78, 5) is 8.94. The molecule has 0 spiro atoms. The van der Waals surface area contributed by atoms with Crippen LogP contribution in [0.1, 0.15) is 33.4 Å². The number of nitrogens with zero attached hydrogens (tertiary/aromatic N) is 2. The second-order valence-corrected chi connectivity index (χ2v) is 5.80. The van der Waals surface area contributed by atoms with E-state index in [0.717, 1.165) is 22.9 Å². The molecule has 0 amide bonds. The predicted octanol–water partition coefficient (Wildman–Crippen LogP) is 4.14. The van der Waals surface area contributed by atoms with Crippen LogP contribution in [-0.4, -0.2) is 22.1 Å². The van der Waals surface area contributed by atoms with Crippen LogP contribution in [0.15, 0.2) is 30.3 Å². The maximum absolute atomic E-state index is 5.81. The lowest BCUT2D eigenvalue weighted by atomic mass is 10.3. The molecule has 2 N–H and O–H groups in total. The third-order valence-corrected chi connectivity index (χ3v) is 2.79. The van der Waals surface area contributed by atoms with Crippen LogP contribution in [0, 0.1) is 6.92 Å². The van der Waals surface area contributed by atoms with E-state index in [-0.39, 0.29) is 6.10 Å². The fourth-order valence-electron chi connectivity index (χ4n) is 2.04. The Hall–Kier alpha value is -2.30. The number of para-hydroxylation sites is 2. The minimum Gasteiger partial charge on any atom is -0.489 e. The summed E-state index contributed by atoms with van der Waals surface area (Å²) in [6.07, 6.45) is 0.111. The smallest absolute Gasteiger partial charge is 0.229 e. The van der Waals surface area contributed by atoms with Gasteiger partial charge in [0.15, 0.2) is 0 Å². The average Bonchev–Trinajstić information content (AvgIpc) is 2.39. The van der Waals surface area contributed by atoms with Crippen molar-refractivity contribution in [3.8, 4) is 5.75 Å². The number of nitrogens with one attached hydrogen (secondary N) is 2. The molecule has 0 aliphatic rings. The Bertz CT molecular complexity index is 626. The molecule has 1 aromatic heterocycles. The van der Waals surface area contributed by atoms with E-state index in [1.807, 2.05) is 51.1 Å². The van der Waals surface area contributed by atoms with Crippen molar-refractivity contribution in [1.82, 2.24) is 9.97 Å².